The highest BCUT2D eigenvalue weighted by atomic mass is 16.5. The monoisotopic (exact) mass is 350 g/mol. The van der Waals surface area contributed by atoms with Crippen molar-refractivity contribution in [2.75, 3.05) is 12.4 Å². The third-order valence-electron chi connectivity index (χ3n) is 3.45. The van der Waals surface area contributed by atoms with Crippen molar-refractivity contribution < 1.29 is 19.1 Å². The second kappa shape index (κ2) is 9.04. The van der Waals surface area contributed by atoms with E-state index in [4.69, 9.17) is 14.7 Å². The maximum Gasteiger partial charge on any atom is 0.331 e. The largest absolute Gasteiger partial charge is 0.497 e. The zero-order valence-electron chi connectivity index (χ0n) is 14.4. The van der Waals surface area contributed by atoms with E-state index in [0.29, 0.717) is 11.3 Å². The number of hydrogen-bond acceptors (Lipinski definition) is 5. The summed E-state index contributed by atoms with van der Waals surface area (Å²) in [6.45, 7) is 1.47. The van der Waals surface area contributed by atoms with Gasteiger partial charge in [0.2, 0.25) is 0 Å². The first kappa shape index (κ1) is 18.7. The molecule has 0 aliphatic heterocycles. The van der Waals surface area contributed by atoms with E-state index >= 15 is 0 Å². The number of hydrogen-bond donors (Lipinski definition) is 1. The third-order valence-corrected chi connectivity index (χ3v) is 3.45. The molecular formula is C20H18N2O4. The number of ether oxygens (including phenoxy) is 2. The Morgan fingerprint density at radius 1 is 1.19 bits per heavy atom. The van der Waals surface area contributed by atoms with Gasteiger partial charge in [0, 0.05) is 11.8 Å². The van der Waals surface area contributed by atoms with E-state index in [-0.39, 0.29) is 0 Å². The Labute approximate surface area is 151 Å². The number of carbonyl (C=O) groups excluding carboxylic acids is 2. The Bertz CT molecular complexity index is 851. The zero-order chi connectivity index (χ0) is 18.9. The summed E-state index contributed by atoms with van der Waals surface area (Å²) in [4.78, 5) is 23.9. The number of nitrogens with zero attached hydrogens (tertiary/aromatic N) is 1. The molecule has 1 atom stereocenters. The van der Waals surface area contributed by atoms with Gasteiger partial charge in [-0.05, 0) is 48.9 Å². The van der Waals surface area contributed by atoms with E-state index in [2.05, 4.69) is 5.32 Å². The number of anilines is 1. The van der Waals surface area contributed by atoms with Crippen molar-refractivity contribution in [2.24, 2.45) is 0 Å². The summed E-state index contributed by atoms with van der Waals surface area (Å²) in [5.74, 6) is -0.393. The van der Waals surface area contributed by atoms with Gasteiger partial charge >= 0.3 is 5.97 Å². The molecule has 2 aromatic carbocycles. The van der Waals surface area contributed by atoms with E-state index in [1.54, 1.807) is 55.7 Å². The molecule has 0 saturated heterocycles. The normalized spacial score (nSPS) is 11.4. The summed E-state index contributed by atoms with van der Waals surface area (Å²) in [5, 5.41) is 11.5. The van der Waals surface area contributed by atoms with Crippen molar-refractivity contribution in [3.05, 3.63) is 65.7 Å². The van der Waals surface area contributed by atoms with Crippen LogP contribution in [0.15, 0.2) is 54.6 Å². The average molecular weight is 350 g/mol. The highest BCUT2D eigenvalue weighted by molar-refractivity contribution is 5.96. The quantitative estimate of drug-likeness (QED) is 0.639. The van der Waals surface area contributed by atoms with Crippen molar-refractivity contribution in [2.45, 2.75) is 13.0 Å². The van der Waals surface area contributed by atoms with Crippen LogP contribution in [-0.2, 0) is 14.3 Å². The molecule has 0 aliphatic carbocycles. The lowest BCUT2D eigenvalue weighted by Gasteiger charge is -2.12. The fourth-order valence-electron chi connectivity index (χ4n) is 2.06. The number of esters is 1. The van der Waals surface area contributed by atoms with Gasteiger partial charge < -0.3 is 14.8 Å². The minimum Gasteiger partial charge on any atom is -0.497 e. The minimum absolute atomic E-state index is 0.426. The van der Waals surface area contributed by atoms with Crippen molar-refractivity contribution in [3.8, 4) is 11.8 Å². The second-order valence-corrected chi connectivity index (χ2v) is 5.37. The molecule has 0 unspecified atom stereocenters. The van der Waals surface area contributed by atoms with Crippen LogP contribution >= 0.6 is 0 Å². The smallest absolute Gasteiger partial charge is 0.331 e. The lowest BCUT2D eigenvalue weighted by atomic mass is 10.2. The number of carbonyl (C=O) groups is 2. The number of benzene rings is 2. The predicted octanol–water partition coefficient (Wildman–Crippen LogP) is 3.15. The summed E-state index contributed by atoms with van der Waals surface area (Å²) < 4.78 is 10.1. The SMILES string of the molecule is COc1ccc(/C=C/C(=O)O[C@H](C)C(=O)Nc2cccc(C#N)c2)cc1. The fraction of sp³-hybridized carbons (Fsp3) is 0.150. The standard InChI is InChI=1S/C20H18N2O4/c1-14(20(24)22-17-5-3-4-16(12-17)13-21)26-19(23)11-8-15-6-9-18(25-2)10-7-15/h3-12,14H,1-2H3,(H,22,24)/b11-8+/t14-/m1/s1. The molecule has 1 amide bonds. The number of nitrogens with one attached hydrogen (secondary N) is 1. The Morgan fingerprint density at radius 3 is 2.58 bits per heavy atom. The van der Waals surface area contributed by atoms with Crippen molar-refractivity contribution in [3.63, 3.8) is 0 Å². The minimum atomic E-state index is -0.978. The Kier molecular flexibility index (Phi) is 6.52. The molecule has 0 bridgehead atoms. The molecule has 0 spiro atoms. The van der Waals surface area contributed by atoms with Gasteiger partial charge in [-0.2, -0.15) is 5.26 Å². The van der Waals surface area contributed by atoms with Gasteiger partial charge in [-0.25, -0.2) is 4.79 Å². The molecule has 6 heteroatoms. The molecule has 26 heavy (non-hydrogen) atoms. The van der Waals surface area contributed by atoms with Gasteiger partial charge in [0.15, 0.2) is 6.10 Å². The number of methoxy groups -OCH3 is 1. The van der Waals surface area contributed by atoms with Gasteiger partial charge in [-0.15, -0.1) is 0 Å². The maximum atomic E-state index is 12.1. The maximum absolute atomic E-state index is 12.1. The van der Waals surface area contributed by atoms with E-state index in [0.717, 1.165) is 11.3 Å². The van der Waals surface area contributed by atoms with Crippen LogP contribution in [0.1, 0.15) is 18.1 Å². The van der Waals surface area contributed by atoms with Crippen LogP contribution in [0.25, 0.3) is 6.08 Å². The first-order valence-electron chi connectivity index (χ1n) is 7.85. The first-order valence-corrected chi connectivity index (χ1v) is 7.85. The van der Waals surface area contributed by atoms with Crippen LogP contribution in [0.3, 0.4) is 0 Å². The van der Waals surface area contributed by atoms with Crippen molar-refractivity contribution in [1.82, 2.24) is 0 Å². The lowest BCUT2D eigenvalue weighted by Crippen LogP contribution is -2.29. The summed E-state index contributed by atoms with van der Waals surface area (Å²) in [5.41, 5.74) is 1.69. The summed E-state index contributed by atoms with van der Waals surface area (Å²) in [6.07, 6.45) is 1.86. The molecule has 0 fully saturated rings. The Hall–Kier alpha value is -3.59. The molecule has 0 heterocycles. The van der Waals surface area contributed by atoms with Crippen molar-refractivity contribution in [1.29, 1.82) is 5.26 Å². The fourth-order valence-corrected chi connectivity index (χ4v) is 2.06. The summed E-state index contributed by atoms with van der Waals surface area (Å²) in [6, 6.07) is 15.6. The first-order chi connectivity index (χ1) is 12.5. The van der Waals surface area contributed by atoms with Gasteiger partial charge in [-0.1, -0.05) is 18.2 Å². The molecule has 0 aromatic heterocycles. The Balaban J connectivity index is 1.89. The van der Waals surface area contributed by atoms with Crippen LogP contribution in [0, 0.1) is 11.3 Å². The highest BCUT2D eigenvalue weighted by Gasteiger charge is 2.16. The van der Waals surface area contributed by atoms with Crippen LogP contribution in [-0.4, -0.2) is 25.1 Å². The number of rotatable bonds is 6. The van der Waals surface area contributed by atoms with Crippen LogP contribution < -0.4 is 10.1 Å². The van der Waals surface area contributed by atoms with E-state index in [9.17, 15) is 9.59 Å². The number of nitriles is 1. The Morgan fingerprint density at radius 2 is 1.92 bits per heavy atom. The molecule has 2 aromatic rings. The van der Waals surface area contributed by atoms with E-state index < -0.39 is 18.0 Å². The van der Waals surface area contributed by atoms with Gasteiger partial charge in [0.25, 0.3) is 5.91 Å². The molecule has 2 rings (SSSR count). The highest BCUT2D eigenvalue weighted by Crippen LogP contribution is 2.13. The molecule has 1 N–H and O–H groups in total. The van der Waals surface area contributed by atoms with Gasteiger partial charge in [0.05, 0.1) is 18.7 Å². The second-order valence-electron chi connectivity index (χ2n) is 5.37. The average Bonchev–Trinajstić information content (AvgIpc) is 2.66. The summed E-state index contributed by atoms with van der Waals surface area (Å²) in [7, 11) is 1.57. The molecule has 0 radical (unpaired) electrons. The van der Waals surface area contributed by atoms with E-state index in [1.807, 2.05) is 6.07 Å². The topological polar surface area (TPSA) is 88.4 Å². The predicted molar refractivity (Wildman–Crippen MR) is 97.4 cm³/mol. The third kappa shape index (κ3) is 5.49. The lowest BCUT2D eigenvalue weighted by molar-refractivity contribution is -0.148. The van der Waals surface area contributed by atoms with Crippen LogP contribution in [0.2, 0.25) is 0 Å². The van der Waals surface area contributed by atoms with Crippen LogP contribution in [0.4, 0.5) is 5.69 Å². The summed E-state index contributed by atoms with van der Waals surface area (Å²) >= 11 is 0. The molecule has 0 saturated carbocycles. The molecule has 0 aliphatic rings. The molecular weight excluding hydrogens is 332 g/mol. The molecule has 132 valence electrons. The van der Waals surface area contributed by atoms with E-state index in [1.165, 1.54) is 19.1 Å². The number of amides is 1. The van der Waals surface area contributed by atoms with Gasteiger partial charge in [-0.3, -0.25) is 4.79 Å². The van der Waals surface area contributed by atoms with Crippen molar-refractivity contribution >= 4 is 23.6 Å². The zero-order valence-corrected chi connectivity index (χ0v) is 14.4. The van der Waals surface area contributed by atoms with Gasteiger partial charge in [0.1, 0.15) is 5.75 Å². The van der Waals surface area contributed by atoms with Crippen LogP contribution in [0.5, 0.6) is 5.75 Å². The molecule has 6 nitrogen and oxygen atoms in total.